The van der Waals surface area contributed by atoms with Crippen molar-refractivity contribution in [1.29, 1.82) is 0 Å². The van der Waals surface area contributed by atoms with Crippen LogP contribution in [-0.2, 0) is 6.42 Å². The molecular formula is C14H23BrN2S. The summed E-state index contributed by atoms with van der Waals surface area (Å²) in [5.41, 5.74) is 0. The Balaban J connectivity index is 1.67. The molecule has 0 bridgehead atoms. The molecule has 0 aliphatic carbocycles. The highest BCUT2D eigenvalue weighted by Gasteiger charge is 2.21. The number of nitrogens with one attached hydrogen (secondary N) is 1. The first-order chi connectivity index (χ1) is 8.65. The molecule has 1 aliphatic heterocycles. The second kappa shape index (κ2) is 7.04. The van der Waals surface area contributed by atoms with Crippen LogP contribution < -0.4 is 5.32 Å². The average molecular weight is 331 g/mol. The van der Waals surface area contributed by atoms with Gasteiger partial charge in [0.1, 0.15) is 0 Å². The lowest BCUT2D eigenvalue weighted by atomic mass is 9.90. The third kappa shape index (κ3) is 4.34. The van der Waals surface area contributed by atoms with E-state index in [0.717, 1.165) is 18.9 Å². The lowest BCUT2D eigenvalue weighted by Gasteiger charge is -2.33. The minimum atomic E-state index is 0.655. The molecule has 1 aromatic heterocycles. The molecule has 1 atom stereocenters. The highest BCUT2D eigenvalue weighted by molar-refractivity contribution is 9.11. The third-order valence-corrected chi connectivity index (χ3v) is 5.62. The zero-order chi connectivity index (χ0) is 13.0. The van der Waals surface area contributed by atoms with Gasteiger partial charge in [0.25, 0.3) is 0 Å². The summed E-state index contributed by atoms with van der Waals surface area (Å²) in [6.45, 7) is 5.96. The number of piperidine rings is 1. The van der Waals surface area contributed by atoms with Crippen LogP contribution in [0.4, 0.5) is 0 Å². The van der Waals surface area contributed by atoms with E-state index in [9.17, 15) is 0 Å². The summed E-state index contributed by atoms with van der Waals surface area (Å²) in [5.74, 6) is 0.858. The molecular weight excluding hydrogens is 308 g/mol. The Kier molecular flexibility index (Phi) is 5.67. The fourth-order valence-corrected chi connectivity index (χ4v) is 4.09. The zero-order valence-corrected chi connectivity index (χ0v) is 13.7. The molecule has 0 aromatic carbocycles. The number of hydrogen-bond donors (Lipinski definition) is 1. The van der Waals surface area contributed by atoms with Crippen molar-refractivity contribution in [1.82, 2.24) is 10.2 Å². The Labute approximate surface area is 123 Å². The van der Waals surface area contributed by atoms with E-state index in [1.54, 1.807) is 0 Å². The Morgan fingerprint density at radius 1 is 1.44 bits per heavy atom. The van der Waals surface area contributed by atoms with Crippen molar-refractivity contribution in [2.24, 2.45) is 5.92 Å². The van der Waals surface area contributed by atoms with Crippen molar-refractivity contribution < 1.29 is 0 Å². The van der Waals surface area contributed by atoms with E-state index >= 15 is 0 Å². The molecule has 1 N–H and O–H groups in total. The monoisotopic (exact) mass is 330 g/mol. The van der Waals surface area contributed by atoms with E-state index in [0.29, 0.717) is 6.04 Å². The Morgan fingerprint density at radius 2 is 2.17 bits per heavy atom. The largest absolute Gasteiger partial charge is 0.314 e. The van der Waals surface area contributed by atoms with Gasteiger partial charge in [-0.1, -0.05) is 0 Å². The van der Waals surface area contributed by atoms with Crippen molar-refractivity contribution in [2.45, 2.75) is 32.2 Å². The van der Waals surface area contributed by atoms with Gasteiger partial charge in [0.2, 0.25) is 0 Å². The maximum atomic E-state index is 3.70. The molecule has 2 rings (SSSR count). The Hall–Kier alpha value is 0.1000. The van der Waals surface area contributed by atoms with Gasteiger partial charge in [-0.2, -0.15) is 0 Å². The van der Waals surface area contributed by atoms with E-state index in [-0.39, 0.29) is 0 Å². The molecule has 1 aromatic rings. The Bertz CT molecular complexity index is 358. The second-order valence-electron chi connectivity index (χ2n) is 5.34. The minimum Gasteiger partial charge on any atom is -0.314 e. The number of hydrogen-bond acceptors (Lipinski definition) is 3. The van der Waals surface area contributed by atoms with Crippen LogP contribution in [0.25, 0.3) is 0 Å². The molecule has 0 spiro atoms. The summed E-state index contributed by atoms with van der Waals surface area (Å²) in [4.78, 5) is 3.90. The van der Waals surface area contributed by atoms with E-state index in [1.165, 1.54) is 34.6 Å². The van der Waals surface area contributed by atoms with E-state index in [4.69, 9.17) is 0 Å². The highest BCUT2D eigenvalue weighted by Crippen LogP contribution is 2.23. The summed E-state index contributed by atoms with van der Waals surface area (Å²) >= 11 is 5.36. The number of halogens is 1. The lowest BCUT2D eigenvalue weighted by molar-refractivity contribution is 0.190. The first kappa shape index (κ1) is 14.5. The summed E-state index contributed by atoms with van der Waals surface area (Å²) in [7, 11) is 2.23. The van der Waals surface area contributed by atoms with Gasteiger partial charge in [-0.15, -0.1) is 11.3 Å². The van der Waals surface area contributed by atoms with E-state index in [1.807, 2.05) is 11.3 Å². The first-order valence-corrected chi connectivity index (χ1v) is 8.42. The predicted molar refractivity (Wildman–Crippen MR) is 83.4 cm³/mol. The SMILES string of the molecule is CC(NCCc1ccc(Br)s1)C1CCN(C)CC1. The molecule has 2 heterocycles. The summed E-state index contributed by atoms with van der Waals surface area (Å²) in [6, 6.07) is 5.01. The molecule has 2 nitrogen and oxygen atoms in total. The van der Waals surface area contributed by atoms with Gasteiger partial charge in [0, 0.05) is 17.5 Å². The normalized spacial score (nSPS) is 20.2. The summed E-state index contributed by atoms with van der Waals surface area (Å²) in [6.07, 6.45) is 3.83. The predicted octanol–water partition coefficient (Wildman–Crippen LogP) is 3.37. The van der Waals surface area contributed by atoms with Gasteiger partial charge in [-0.3, -0.25) is 0 Å². The van der Waals surface area contributed by atoms with Crippen LogP contribution in [0.3, 0.4) is 0 Å². The molecule has 18 heavy (non-hydrogen) atoms. The van der Waals surface area contributed by atoms with Gasteiger partial charge in [0.15, 0.2) is 0 Å². The molecule has 1 fully saturated rings. The molecule has 4 heteroatoms. The topological polar surface area (TPSA) is 15.3 Å². The van der Waals surface area contributed by atoms with E-state index < -0.39 is 0 Å². The maximum Gasteiger partial charge on any atom is 0.0701 e. The van der Waals surface area contributed by atoms with Crippen LogP contribution in [-0.4, -0.2) is 37.6 Å². The average Bonchev–Trinajstić information content (AvgIpc) is 2.76. The van der Waals surface area contributed by atoms with Crippen LogP contribution in [0.5, 0.6) is 0 Å². The standard InChI is InChI=1S/C14H23BrN2S/c1-11(12-6-9-17(2)10-7-12)16-8-5-13-3-4-14(15)18-13/h3-4,11-12,16H,5-10H2,1-2H3. The molecule has 0 amide bonds. The molecule has 1 aliphatic rings. The second-order valence-corrected chi connectivity index (χ2v) is 7.89. The fraction of sp³-hybridized carbons (Fsp3) is 0.714. The summed E-state index contributed by atoms with van der Waals surface area (Å²) < 4.78 is 1.24. The van der Waals surface area contributed by atoms with Gasteiger partial charge in [0.05, 0.1) is 3.79 Å². The van der Waals surface area contributed by atoms with Gasteiger partial charge in [-0.05, 0) is 80.3 Å². The quantitative estimate of drug-likeness (QED) is 0.890. The smallest absolute Gasteiger partial charge is 0.0701 e. The van der Waals surface area contributed by atoms with Crippen LogP contribution in [0.15, 0.2) is 15.9 Å². The minimum absolute atomic E-state index is 0.655. The number of thiophene rings is 1. The van der Waals surface area contributed by atoms with E-state index in [2.05, 4.69) is 52.3 Å². The number of likely N-dealkylation sites (tertiary alicyclic amines) is 1. The third-order valence-electron chi connectivity index (χ3n) is 3.94. The molecule has 1 unspecified atom stereocenters. The lowest BCUT2D eigenvalue weighted by Crippen LogP contribution is -2.41. The molecule has 0 radical (unpaired) electrons. The number of nitrogens with zero attached hydrogens (tertiary/aromatic N) is 1. The van der Waals surface area contributed by atoms with Crippen LogP contribution in [0, 0.1) is 5.92 Å². The maximum absolute atomic E-state index is 3.70. The molecule has 0 saturated carbocycles. The highest BCUT2D eigenvalue weighted by atomic mass is 79.9. The Morgan fingerprint density at radius 3 is 2.78 bits per heavy atom. The molecule has 1 saturated heterocycles. The van der Waals surface area contributed by atoms with Gasteiger partial charge < -0.3 is 10.2 Å². The zero-order valence-electron chi connectivity index (χ0n) is 11.3. The number of rotatable bonds is 5. The van der Waals surface area contributed by atoms with Gasteiger partial charge in [-0.25, -0.2) is 0 Å². The van der Waals surface area contributed by atoms with Crippen LogP contribution in [0.2, 0.25) is 0 Å². The van der Waals surface area contributed by atoms with Crippen molar-refractivity contribution in [3.05, 3.63) is 20.8 Å². The summed E-state index contributed by atoms with van der Waals surface area (Å²) in [5, 5.41) is 3.70. The van der Waals surface area contributed by atoms with Crippen molar-refractivity contribution in [2.75, 3.05) is 26.7 Å². The van der Waals surface area contributed by atoms with Crippen molar-refractivity contribution in [3.8, 4) is 0 Å². The van der Waals surface area contributed by atoms with Crippen LogP contribution >= 0.6 is 27.3 Å². The van der Waals surface area contributed by atoms with Crippen LogP contribution in [0.1, 0.15) is 24.6 Å². The molecule has 102 valence electrons. The van der Waals surface area contributed by atoms with Crippen molar-refractivity contribution >= 4 is 27.3 Å². The van der Waals surface area contributed by atoms with Crippen molar-refractivity contribution in [3.63, 3.8) is 0 Å². The van der Waals surface area contributed by atoms with Gasteiger partial charge >= 0.3 is 0 Å². The first-order valence-electron chi connectivity index (χ1n) is 6.81. The fourth-order valence-electron chi connectivity index (χ4n) is 2.60.